The fourth-order valence-electron chi connectivity index (χ4n) is 1.83. The van der Waals surface area contributed by atoms with E-state index in [9.17, 15) is 4.79 Å². The molecule has 1 fully saturated rings. The van der Waals surface area contributed by atoms with E-state index >= 15 is 0 Å². The summed E-state index contributed by atoms with van der Waals surface area (Å²) >= 11 is 0. The molecule has 2 heterocycles. The van der Waals surface area contributed by atoms with Crippen molar-refractivity contribution in [3.8, 4) is 0 Å². The van der Waals surface area contributed by atoms with Gasteiger partial charge in [-0.2, -0.15) is 4.98 Å². The molecule has 0 aromatic carbocycles. The Balaban J connectivity index is 1.94. The molecule has 6 heteroatoms. The fourth-order valence-corrected chi connectivity index (χ4v) is 1.83. The lowest BCUT2D eigenvalue weighted by Crippen LogP contribution is -2.43. The third-order valence-electron chi connectivity index (χ3n) is 2.91. The Labute approximate surface area is 100 Å². The lowest BCUT2D eigenvalue weighted by molar-refractivity contribution is -0.132. The summed E-state index contributed by atoms with van der Waals surface area (Å²) in [7, 11) is 1.81. The Morgan fingerprint density at radius 1 is 1.53 bits per heavy atom. The van der Waals surface area contributed by atoms with Crippen molar-refractivity contribution in [2.45, 2.75) is 38.6 Å². The summed E-state index contributed by atoms with van der Waals surface area (Å²) < 4.78 is 5.12. The third kappa shape index (κ3) is 2.75. The van der Waals surface area contributed by atoms with E-state index in [0.29, 0.717) is 24.8 Å². The van der Waals surface area contributed by atoms with Gasteiger partial charge in [-0.1, -0.05) is 19.0 Å². The second-order valence-corrected chi connectivity index (χ2v) is 4.77. The Hall–Kier alpha value is -1.59. The minimum atomic E-state index is 0.191. The van der Waals surface area contributed by atoms with E-state index in [0.717, 1.165) is 6.42 Å². The van der Waals surface area contributed by atoms with Crippen molar-refractivity contribution in [3.05, 3.63) is 5.82 Å². The van der Waals surface area contributed by atoms with Crippen molar-refractivity contribution in [1.82, 2.24) is 15.0 Å². The van der Waals surface area contributed by atoms with Crippen molar-refractivity contribution in [2.24, 2.45) is 0 Å². The maximum atomic E-state index is 11.3. The maximum absolute atomic E-state index is 11.3. The van der Waals surface area contributed by atoms with E-state index in [-0.39, 0.29) is 17.9 Å². The summed E-state index contributed by atoms with van der Waals surface area (Å²) in [6.45, 7) is 4.71. The first-order chi connectivity index (χ1) is 8.06. The number of aromatic nitrogens is 2. The molecule has 1 unspecified atom stereocenters. The van der Waals surface area contributed by atoms with Gasteiger partial charge in [0.2, 0.25) is 5.91 Å². The third-order valence-corrected chi connectivity index (χ3v) is 2.91. The number of hydrogen-bond donors (Lipinski definition) is 1. The van der Waals surface area contributed by atoms with Crippen LogP contribution in [0, 0.1) is 0 Å². The van der Waals surface area contributed by atoms with E-state index in [1.165, 1.54) is 0 Å². The number of likely N-dealkylation sites (N-methyl/N-ethyl adjacent to an activating group) is 1. The smallest absolute Gasteiger partial charge is 0.321 e. The quantitative estimate of drug-likeness (QED) is 0.857. The number of nitrogens with zero attached hydrogens (tertiary/aromatic N) is 3. The van der Waals surface area contributed by atoms with Crippen molar-refractivity contribution in [3.63, 3.8) is 0 Å². The first-order valence-corrected chi connectivity index (χ1v) is 5.90. The molecule has 94 valence electrons. The number of rotatable bonds is 3. The molecule has 2 rings (SSSR count). The van der Waals surface area contributed by atoms with Gasteiger partial charge in [0.05, 0.1) is 0 Å². The molecule has 1 amide bonds. The molecular weight excluding hydrogens is 220 g/mol. The molecule has 17 heavy (non-hydrogen) atoms. The molecule has 1 aliphatic heterocycles. The summed E-state index contributed by atoms with van der Waals surface area (Å²) in [5.74, 6) is 1.15. The highest BCUT2D eigenvalue weighted by Crippen LogP contribution is 2.17. The van der Waals surface area contributed by atoms with Gasteiger partial charge in [-0.25, -0.2) is 0 Å². The molecule has 0 bridgehead atoms. The first-order valence-electron chi connectivity index (χ1n) is 5.90. The molecule has 1 N–H and O–H groups in total. The summed E-state index contributed by atoms with van der Waals surface area (Å²) in [5.41, 5.74) is 0. The van der Waals surface area contributed by atoms with Crippen LogP contribution in [0.15, 0.2) is 4.52 Å². The molecule has 0 radical (unpaired) electrons. The van der Waals surface area contributed by atoms with E-state index in [2.05, 4.69) is 15.5 Å². The zero-order valence-corrected chi connectivity index (χ0v) is 10.4. The second-order valence-electron chi connectivity index (χ2n) is 4.77. The molecule has 0 spiro atoms. The Morgan fingerprint density at radius 3 is 2.88 bits per heavy atom. The molecule has 1 aromatic heterocycles. The van der Waals surface area contributed by atoms with Gasteiger partial charge >= 0.3 is 6.01 Å². The van der Waals surface area contributed by atoms with Crippen molar-refractivity contribution in [1.29, 1.82) is 0 Å². The van der Waals surface area contributed by atoms with Crippen LogP contribution in [0.2, 0.25) is 0 Å². The zero-order valence-electron chi connectivity index (χ0n) is 10.4. The summed E-state index contributed by atoms with van der Waals surface area (Å²) in [4.78, 5) is 17.3. The molecule has 1 aromatic rings. The van der Waals surface area contributed by atoms with Crippen LogP contribution in [-0.4, -0.2) is 40.6 Å². The predicted octanol–water partition coefficient (Wildman–Crippen LogP) is 1.23. The number of carbonyl (C=O) groups excluding carboxylic acids is 1. The van der Waals surface area contributed by atoms with Crippen LogP contribution < -0.4 is 5.32 Å². The zero-order chi connectivity index (χ0) is 12.4. The van der Waals surface area contributed by atoms with Crippen LogP contribution in [0.1, 0.15) is 38.4 Å². The number of piperidine rings is 1. The largest absolute Gasteiger partial charge is 0.344 e. The van der Waals surface area contributed by atoms with Crippen LogP contribution in [0.3, 0.4) is 0 Å². The van der Waals surface area contributed by atoms with E-state index < -0.39 is 0 Å². The molecule has 1 atom stereocenters. The minimum absolute atomic E-state index is 0.191. The van der Waals surface area contributed by atoms with Gasteiger partial charge in [-0.15, -0.1) is 0 Å². The molecule has 1 aliphatic rings. The van der Waals surface area contributed by atoms with Gasteiger partial charge in [0.15, 0.2) is 5.82 Å². The average molecular weight is 238 g/mol. The lowest BCUT2D eigenvalue weighted by atomic mass is 10.1. The maximum Gasteiger partial charge on any atom is 0.321 e. The van der Waals surface area contributed by atoms with Crippen molar-refractivity contribution < 1.29 is 9.32 Å². The van der Waals surface area contributed by atoms with Crippen LogP contribution in [0.5, 0.6) is 0 Å². The first kappa shape index (κ1) is 11.9. The molecule has 1 saturated heterocycles. The highest BCUT2D eigenvalue weighted by Gasteiger charge is 2.24. The van der Waals surface area contributed by atoms with Crippen molar-refractivity contribution >= 4 is 11.9 Å². The van der Waals surface area contributed by atoms with Gasteiger partial charge in [0.1, 0.15) is 0 Å². The standard InChI is InChI=1S/C11H18N4O2/c1-7(2)10-13-11(17-14-10)12-8-4-5-9(16)15(3)6-8/h7-8H,4-6H2,1-3H3,(H,12,13,14). The van der Waals surface area contributed by atoms with Crippen LogP contribution >= 0.6 is 0 Å². The second kappa shape index (κ2) is 4.73. The Kier molecular flexibility index (Phi) is 3.31. The molecular formula is C11H18N4O2. The number of hydrogen-bond acceptors (Lipinski definition) is 5. The van der Waals surface area contributed by atoms with Crippen molar-refractivity contribution in [2.75, 3.05) is 18.9 Å². The van der Waals surface area contributed by atoms with E-state index in [1.54, 1.807) is 4.90 Å². The number of amides is 1. The normalized spacial score (nSPS) is 21.1. The van der Waals surface area contributed by atoms with Crippen LogP contribution in [0.4, 0.5) is 6.01 Å². The van der Waals surface area contributed by atoms with Gasteiger partial charge < -0.3 is 14.7 Å². The van der Waals surface area contributed by atoms with Gasteiger partial charge in [-0.3, -0.25) is 4.79 Å². The lowest BCUT2D eigenvalue weighted by Gasteiger charge is -2.29. The summed E-state index contributed by atoms with van der Waals surface area (Å²) in [6.07, 6.45) is 1.38. The monoisotopic (exact) mass is 238 g/mol. The predicted molar refractivity (Wildman–Crippen MR) is 62.7 cm³/mol. The average Bonchev–Trinajstić information content (AvgIpc) is 2.72. The Bertz CT molecular complexity index is 402. The van der Waals surface area contributed by atoms with Gasteiger partial charge in [0, 0.05) is 32.0 Å². The highest BCUT2D eigenvalue weighted by atomic mass is 16.5. The topological polar surface area (TPSA) is 71.3 Å². The number of carbonyl (C=O) groups is 1. The highest BCUT2D eigenvalue weighted by molar-refractivity contribution is 5.76. The SMILES string of the molecule is CC(C)c1noc(NC2CCC(=O)N(C)C2)n1. The minimum Gasteiger partial charge on any atom is -0.344 e. The van der Waals surface area contributed by atoms with E-state index in [1.807, 2.05) is 20.9 Å². The molecule has 0 aliphatic carbocycles. The number of likely N-dealkylation sites (tertiary alicyclic amines) is 1. The van der Waals surface area contributed by atoms with Gasteiger partial charge in [0.25, 0.3) is 0 Å². The fraction of sp³-hybridized carbons (Fsp3) is 0.727. The molecule has 6 nitrogen and oxygen atoms in total. The summed E-state index contributed by atoms with van der Waals surface area (Å²) in [5, 5.41) is 7.06. The number of nitrogens with one attached hydrogen (secondary N) is 1. The van der Waals surface area contributed by atoms with Crippen LogP contribution in [0.25, 0.3) is 0 Å². The number of anilines is 1. The molecule has 0 saturated carbocycles. The summed E-state index contributed by atoms with van der Waals surface area (Å²) in [6, 6.07) is 0.639. The Morgan fingerprint density at radius 2 is 2.29 bits per heavy atom. The van der Waals surface area contributed by atoms with Gasteiger partial charge in [-0.05, 0) is 6.42 Å². The van der Waals surface area contributed by atoms with Crippen LogP contribution in [-0.2, 0) is 4.79 Å². The van der Waals surface area contributed by atoms with E-state index in [4.69, 9.17) is 4.52 Å².